The fourth-order valence-corrected chi connectivity index (χ4v) is 0.830. The molecule has 0 aromatic rings. The summed E-state index contributed by atoms with van der Waals surface area (Å²) in [7, 11) is 0. The van der Waals surface area contributed by atoms with Gasteiger partial charge in [0.1, 0.15) is 0 Å². The summed E-state index contributed by atoms with van der Waals surface area (Å²) in [6.45, 7) is 3.94. The van der Waals surface area contributed by atoms with E-state index >= 15 is 0 Å². The number of carbonyl (C=O) groups excluding carboxylic acids is 1. The summed E-state index contributed by atoms with van der Waals surface area (Å²) >= 11 is 0. The standard InChI is InChI=1S/C10H18N2O/c1-3-5-7-11-9-10(13)12-8-6-4-2/h1,11H,4-9H2,2H3,(H,12,13). The number of hydrogen-bond acceptors (Lipinski definition) is 2. The lowest BCUT2D eigenvalue weighted by atomic mass is 10.3. The summed E-state index contributed by atoms with van der Waals surface area (Å²) in [4.78, 5) is 11.1. The SMILES string of the molecule is C#CCCNCC(=O)NCCCC. The normalized spacial score (nSPS) is 9.23. The molecule has 3 heteroatoms. The lowest BCUT2D eigenvalue weighted by Crippen LogP contribution is -2.34. The van der Waals surface area contributed by atoms with Crippen LogP contribution in [0.2, 0.25) is 0 Å². The predicted molar refractivity (Wildman–Crippen MR) is 54.2 cm³/mol. The van der Waals surface area contributed by atoms with Crippen LogP contribution in [0.1, 0.15) is 26.2 Å². The van der Waals surface area contributed by atoms with E-state index in [2.05, 4.69) is 23.5 Å². The van der Waals surface area contributed by atoms with E-state index in [1.165, 1.54) is 0 Å². The first-order valence-corrected chi connectivity index (χ1v) is 4.72. The van der Waals surface area contributed by atoms with Crippen LogP contribution in [0.15, 0.2) is 0 Å². The minimum atomic E-state index is 0.0467. The molecule has 0 rings (SSSR count). The molecule has 74 valence electrons. The molecule has 0 aliphatic rings. The van der Waals surface area contributed by atoms with Crippen molar-refractivity contribution in [1.82, 2.24) is 10.6 Å². The number of amides is 1. The first kappa shape index (κ1) is 12.0. The predicted octanol–water partition coefficient (Wildman–Crippen LogP) is 0.516. The van der Waals surface area contributed by atoms with Gasteiger partial charge in [0, 0.05) is 19.5 Å². The fraction of sp³-hybridized carbons (Fsp3) is 0.700. The number of terminal acetylenes is 1. The monoisotopic (exact) mass is 182 g/mol. The minimum absolute atomic E-state index is 0.0467. The quantitative estimate of drug-likeness (QED) is 0.445. The summed E-state index contributed by atoms with van der Waals surface area (Å²) in [5, 5.41) is 5.77. The Morgan fingerprint density at radius 1 is 1.46 bits per heavy atom. The van der Waals surface area contributed by atoms with Gasteiger partial charge < -0.3 is 10.6 Å². The molecule has 0 atom stereocenters. The highest BCUT2D eigenvalue weighted by atomic mass is 16.1. The Morgan fingerprint density at radius 2 is 2.23 bits per heavy atom. The molecule has 2 N–H and O–H groups in total. The van der Waals surface area contributed by atoms with E-state index in [9.17, 15) is 4.79 Å². The molecular formula is C10H18N2O. The number of nitrogens with one attached hydrogen (secondary N) is 2. The van der Waals surface area contributed by atoms with Gasteiger partial charge in [-0.05, 0) is 6.42 Å². The Kier molecular flexibility index (Phi) is 8.38. The van der Waals surface area contributed by atoms with Crippen LogP contribution in [0.5, 0.6) is 0 Å². The van der Waals surface area contributed by atoms with Gasteiger partial charge in [0.15, 0.2) is 0 Å². The second-order valence-electron chi connectivity index (χ2n) is 2.83. The van der Waals surface area contributed by atoms with Crippen LogP contribution in [-0.2, 0) is 4.79 Å². The molecule has 0 fully saturated rings. The summed E-state index contributed by atoms with van der Waals surface area (Å²) in [6.07, 6.45) is 7.86. The fourth-order valence-electron chi connectivity index (χ4n) is 0.830. The van der Waals surface area contributed by atoms with Gasteiger partial charge in [-0.3, -0.25) is 4.79 Å². The maximum absolute atomic E-state index is 11.1. The molecule has 0 aliphatic heterocycles. The lowest BCUT2D eigenvalue weighted by Gasteiger charge is -2.04. The van der Waals surface area contributed by atoms with Gasteiger partial charge >= 0.3 is 0 Å². The van der Waals surface area contributed by atoms with Crippen LogP contribution >= 0.6 is 0 Å². The molecule has 13 heavy (non-hydrogen) atoms. The smallest absolute Gasteiger partial charge is 0.233 e. The number of hydrogen-bond donors (Lipinski definition) is 2. The van der Waals surface area contributed by atoms with Crippen molar-refractivity contribution >= 4 is 5.91 Å². The van der Waals surface area contributed by atoms with Crippen molar-refractivity contribution < 1.29 is 4.79 Å². The molecule has 3 nitrogen and oxygen atoms in total. The van der Waals surface area contributed by atoms with Crippen molar-refractivity contribution in [2.75, 3.05) is 19.6 Å². The highest BCUT2D eigenvalue weighted by molar-refractivity contribution is 5.77. The lowest BCUT2D eigenvalue weighted by molar-refractivity contribution is -0.120. The Hall–Kier alpha value is -1.01. The van der Waals surface area contributed by atoms with Crippen molar-refractivity contribution in [3.63, 3.8) is 0 Å². The topological polar surface area (TPSA) is 41.1 Å². The molecule has 0 bridgehead atoms. The Bertz CT molecular complexity index is 172. The van der Waals surface area contributed by atoms with Crippen molar-refractivity contribution in [2.24, 2.45) is 0 Å². The summed E-state index contributed by atoms with van der Waals surface area (Å²) < 4.78 is 0. The van der Waals surface area contributed by atoms with Gasteiger partial charge in [0.2, 0.25) is 5.91 Å². The zero-order valence-corrected chi connectivity index (χ0v) is 8.23. The van der Waals surface area contributed by atoms with Gasteiger partial charge in [0.05, 0.1) is 6.54 Å². The molecule has 0 saturated carbocycles. The molecule has 0 saturated heterocycles. The molecule has 0 unspecified atom stereocenters. The van der Waals surface area contributed by atoms with E-state index in [0.29, 0.717) is 19.5 Å². The van der Waals surface area contributed by atoms with E-state index in [1.54, 1.807) is 0 Å². The maximum Gasteiger partial charge on any atom is 0.233 e. The minimum Gasteiger partial charge on any atom is -0.355 e. The van der Waals surface area contributed by atoms with Gasteiger partial charge in [-0.1, -0.05) is 13.3 Å². The van der Waals surface area contributed by atoms with Crippen LogP contribution in [0, 0.1) is 12.3 Å². The Morgan fingerprint density at radius 3 is 2.85 bits per heavy atom. The highest BCUT2D eigenvalue weighted by Crippen LogP contribution is 1.81. The van der Waals surface area contributed by atoms with Gasteiger partial charge in [-0.2, -0.15) is 0 Å². The zero-order valence-electron chi connectivity index (χ0n) is 8.23. The van der Waals surface area contributed by atoms with Gasteiger partial charge in [-0.15, -0.1) is 12.3 Å². The van der Waals surface area contributed by atoms with E-state index in [4.69, 9.17) is 6.42 Å². The number of rotatable bonds is 7. The molecule has 0 aliphatic carbocycles. The summed E-state index contributed by atoms with van der Waals surface area (Å²) in [6, 6.07) is 0. The third-order valence-electron chi connectivity index (χ3n) is 1.58. The zero-order chi connectivity index (χ0) is 9.94. The molecule has 0 radical (unpaired) electrons. The largest absolute Gasteiger partial charge is 0.355 e. The van der Waals surface area contributed by atoms with Gasteiger partial charge in [0.25, 0.3) is 0 Å². The van der Waals surface area contributed by atoms with Crippen LogP contribution in [0.3, 0.4) is 0 Å². The van der Waals surface area contributed by atoms with E-state index in [0.717, 1.165) is 19.4 Å². The van der Waals surface area contributed by atoms with E-state index in [1.807, 2.05) is 0 Å². The molecule has 0 spiro atoms. The summed E-state index contributed by atoms with van der Waals surface area (Å²) in [5.41, 5.74) is 0. The first-order valence-electron chi connectivity index (χ1n) is 4.72. The average molecular weight is 182 g/mol. The second kappa shape index (κ2) is 9.08. The van der Waals surface area contributed by atoms with Crippen LogP contribution in [0.25, 0.3) is 0 Å². The second-order valence-corrected chi connectivity index (χ2v) is 2.83. The molecule has 0 aromatic heterocycles. The van der Waals surface area contributed by atoms with Crippen molar-refractivity contribution in [3.8, 4) is 12.3 Å². The molecule has 0 heterocycles. The highest BCUT2D eigenvalue weighted by Gasteiger charge is 1.97. The van der Waals surface area contributed by atoms with Crippen molar-refractivity contribution in [2.45, 2.75) is 26.2 Å². The average Bonchev–Trinajstić information content (AvgIpc) is 2.13. The van der Waals surface area contributed by atoms with Crippen LogP contribution in [-0.4, -0.2) is 25.5 Å². The van der Waals surface area contributed by atoms with Crippen molar-refractivity contribution in [3.05, 3.63) is 0 Å². The Labute approximate surface area is 80.3 Å². The van der Waals surface area contributed by atoms with Gasteiger partial charge in [-0.25, -0.2) is 0 Å². The summed E-state index contributed by atoms with van der Waals surface area (Å²) in [5.74, 6) is 2.55. The molecular weight excluding hydrogens is 164 g/mol. The maximum atomic E-state index is 11.1. The third-order valence-corrected chi connectivity index (χ3v) is 1.58. The number of unbranched alkanes of at least 4 members (excludes halogenated alkanes) is 1. The first-order chi connectivity index (χ1) is 6.31. The van der Waals surface area contributed by atoms with E-state index < -0.39 is 0 Å². The Balaban J connectivity index is 3.16. The van der Waals surface area contributed by atoms with Crippen molar-refractivity contribution in [1.29, 1.82) is 0 Å². The van der Waals surface area contributed by atoms with Crippen LogP contribution in [0.4, 0.5) is 0 Å². The number of carbonyl (C=O) groups is 1. The third kappa shape index (κ3) is 8.90. The van der Waals surface area contributed by atoms with E-state index in [-0.39, 0.29) is 5.91 Å². The van der Waals surface area contributed by atoms with Crippen LogP contribution < -0.4 is 10.6 Å². The molecule has 1 amide bonds. The molecule has 0 aromatic carbocycles.